The molecule has 0 fully saturated rings. The zero-order valence-corrected chi connectivity index (χ0v) is 10.6. The van der Waals surface area contributed by atoms with Crippen molar-refractivity contribution in [2.45, 2.75) is 12.9 Å². The molecule has 7 heteroatoms. The molecule has 0 aromatic heterocycles. The van der Waals surface area contributed by atoms with E-state index in [0.717, 1.165) is 5.56 Å². The van der Waals surface area contributed by atoms with Gasteiger partial charge in [-0.15, -0.1) is 13.2 Å². The molecule has 0 radical (unpaired) electrons. The van der Waals surface area contributed by atoms with Gasteiger partial charge in [0.25, 0.3) is 0 Å². The summed E-state index contributed by atoms with van der Waals surface area (Å²) in [5.74, 6) is 0.316. The number of benzene rings is 1. The number of ether oxygens (including phenoxy) is 1. The van der Waals surface area contributed by atoms with Gasteiger partial charge in [0, 0.05) is 35.9 Å². The highest BCUT2D eigenvalue weighted by atomic mass is 32.2. The first-order valence-corrected chi connectivity index (χ1v) is 6.95. The van der Waals surface area contributed by atoms with Crippen LogP contribution in [0.5, 0.6) is 5.75 Å². The minimum absolute atomic E-state index is 0.235. The van der Waals surface area contributed by atoms with Crippen molar-refractivity contribution >= 4 is 10.8 Å². The highest BCUT2D eigenvalue weighted by molar-refractivity contribution is 7.84. The second-order valence-corrected chi connectivity index (χ2v) is 5.20. The van der Waals surface area contributed by atoms with Crippen LogP contribution in [0.1, 0.15) is 5.56 Å². The minimum Gasteiger partial charge on any atom is -0.406 e. The second-order valence-electron chi connectivity index (χ2n) is 3.65. The van der Waals surface area contributed by atoms with Gasteiger partial charge in [0.2, 0.25) is 0 Å². The molecule has 0 heterocycles. The molecule has 0 bridgehead atoms. The lowest BCUT2D eigenvalue weighted by atomic mass is 10.2. The van der Waals surface area contributed by atoms with E-state index < -0.39 is 17.2 Å². The molecule has 0 aliphatic carbocycles. The molecule has 0 spiro atoms. The van der Waals surface area contributed by atoms with Crippen LogP contribution in [0.3, 0.4) is 0 Å². The first-order chi connectivity index (χ1) is 8.37. The van der Waals surface area contributed by atoms with Gasteiger partial charge in [-0.2, -0.15) is 0 Å². The summed E-state index contributed by atoms with van der Waals surface area (Å²) < 4.78 is 50.2. The molecule has 102 valence electrons. The normalized spacial score (nSPS) is 13.3. The largest absolute Gasteiger partial charge is 0.573 e. The average molecular weight is 281 g/mol. The number of hydrogen-bond donors (Lipinski definition) is 1. The zero-order chi connectivity index (χ0) is 13.6. The van der Waals surface area contributed by atoms with Crippen LogP contribution in [-0.2, 0) is 17.3 Å². The van der Waals surface area contributed by atoms with Crippen molar-refractivity contribution in [2.75, 3.05) is 18.6 Å². The molecule has 0 amide bonds. The first-order valence-electron chi connectivity index (χ1n) is 5.22. The lowest BCUT2D eigenvalue weighted by Crippen LogP contribution is -2.19. The van der Waals surface area contributed by atoms with Crippen LogP contribution in [0.2, 0.25) is 0 Å². The van der Waals surface area contributed by atoms with E-state index in [9.17, 15) is 17.4 Å². The van der Waals surface area contributed by atoms with Crippen LogP contribution in [0.4, 0.5) is 13.2 Å². The SMILES string of the molecule is CS(=O)CCNCc1ccc(OC(F)(F)F)cc1. The monoisotopic (exact) mass is 281 g/mol. The third-order valence-electron chi connectivity index (χ3n) is 2.05. The molecular formula is C11H14F3NO2S. The van der Waals surface area contributed by atoms with Gasteiger partial charge in [0.15, 0.2) is 0 Å². The van der Waals surface area contributed by atoms with E-state index in [1.807, 2.05) is 0 Å². The topological polar surface area (TPSA) is 38.3 Å². The van der Waals surface area contributed by atoms with E-state index in [2.05, 4.69) is 10.1 Å². The minimum atomic E-state index is -4.66. The van der Waals surface area contributed by atoms with Crippen LogP contribution >= 0.6 is 0 Å². The molecule has 3 nitrogen and oxygen atoms in total. The number of nitrogens with one attached hydrogen (secondary N) is 1. The van der Waals surface area contributed by atoms with E-state index in [1.54, 1.807) is 18.4 Å². The van der Waals surface area contributed by atoms with Gasteiger partial charge in [-0.1, -0.05) is 12.1 Å². The number of halogens is 3. The van der Waals surface area contributed by atoms with Crippen LogP contribution in [0.25, 0.3) is 0 Å². The Kier molecular flexibility index (Phi) is 5.61. The summed E-state index contributed by atoms with van der Waals surface area (Å²) in [6.45, 7) is 1.12. The van der Waals surface area contributed by atoms with Gasteiger partial charge >= 0.3 is 6.36 Å². The molecular weight excluding hydrogens is 267 g/mol. The number of hydrogen-bond acceptors (Lipinski definition) is 3. The first kappa shape index (κ1) is 15.0. The quantitative estimate of drug-likeness (QED) is 0.811. The molecule has 0 saturated heterocycles. The molecule has 1 atom stereocenters. The fourth-order valence-corrected chi connectivity index (χ4v) is 1.69. The summed E-state index contributed by atoms with van der Waals surface area (Å²) in [5.41, 5.74) is 0.839. The smallest absolute Gasteiger partial charge is 0.406 e. The van der Waals surface area contributed by atoms with E-state index in [4.69, 9.17) is 0 Å². The third kappa shape index (κ3) is 6.61. The maximum absolute atomic E-state index is 11.9. The van der Waals surface area contributed by atoms with Gasteiger partial charge in [0.1, 0.15) is 5.75 Å². The molecule has 1 rings (SSSR count). The molecule has 18 heavy (non-hydrogen) atoms. The molecule has 0 aliphatic heterocycles. The lowest BCUT2D eigenvalue weighted by Gasteiger charge is -2.09. The van der Waals surface area contributed by atoms with Gasteiger partial charge in [-0.25, -0.2) is 0 Å². The van der Waals surface area contributed by atoms with Crippen molar-refractivity contribution in [3.05, 3.63) is 29.8 Å². The highest BCUT2D eigenvalue weighted by Gasteiger charge is 2.30. The van der Waals surface area contributed by atoms with Crippen LogP contribution in [-0.4, -0.2) is 29.1 Å². The molecule has 0 aliphatic rings. The Hall–Kier alpha value is -1.08. The van der Waals surface area contributed by atoms with Crippen molar-refractivity contribution in [1.29, 1.82) is 0 Å². The Morgan fingerprint density at radius 1 is 1.28 bits per heavy atom. The third-order valence-corrected chi connectivity index (χ3v) is 2.83. The summed E-state index contributed by atoms with van der Waals surface area (Å²) in [6.07, 6.45) is -3.05. The molecule has 1 aromatic rings. The van der Waals surface area contributed by atoms with Crippen LogP contribution in [0, 0.1) is 0 Å². The maximum Gasteiger partial charge on any atom is 0.573 e. The standard InChI is InChI=1S/C11H14F3NO2S/c1-18(16)7-6-15-8-9-2-4-10(5-3-9)17-11(12,13)14/h2-5,15H,6-8H2,1H3. The van der Waals surface area contributed by atoms with E-state index >= 15 is 0 Å². The van der Waals surface area contributed by atoms with Gasteiger partial charge < -0.3 is 10.1 Å². The summed E-state index contributed by atoms with van der Waals surface area (Å²) in [5, 5.41) is 3.04. The Morgan fingerprint density at radius 3 is 2.39 bits per heavy atom. The Bertz CT molecular complexity index is 392. The fourth-order valence-electron chi connectivity index (χ4n) is 1.26. The van der Waals surface area contributed by atoms with E-state index in [-0.39, 0.29) is 5.75 Å². The van der Waals surface area contributed by atoms with Crippen molar-refractivity contribution in [1.82, 2.24) is 5.32 Å². The van der Waals surface area contributed by atoms with Crippen molar-refractivity contribution in [3.8, 4) is 5.75 Å². The Balaban J connectivity index is 2.38. The van der Waals surface area contributed by atoms with Crippen molar-refractivity contribution in [2.24, 2.45) is 0 Å². The average Bonchev–Trinajstić information content (AvgIpc) is 2.24. The van der Waals surface area contributed by atoms with Crippen LogP contribution in [0.15, 0.2) is 24.3 Å². The lowest BCUT2D eigenvalue weighted by molar-refractivity contribution is -0.274. The van der Waals surface area contributed by atoms with Crippen LogP contribution < -0.4 is 10.1 Å². The van der Waals surface area contributed by atoms with E-state index in [1.165, 1.54) is 12.1 Å². The summed E-state index contributed by atoms with van der Waals surface area (Å²) in [4.78, 5) is 0. The molecule has 1 N–H and O–H groups in total. The van der Waals surface area contributed by atoms with Crippen molar-refractivity contribution in [3.63, 3.8) is 0 Å². The number of rotatable bonds is 6. The highest BCUT2D eigenvalue weighted by Crippen LogP contribution is 2.22. The fraction of sp³-hybridized carbons (Fsp3) is 0.455. The summed E-state index contributed by atoms with van der Waals surface area (Å²) >= 11 is 0. The van der Waals surface area contributed by atoms with Crippen molar-refractivity contribution < 1.29 is 22.1 Å². The molecule has 0 saturated carbocycles. The predicted octanol–water partition coefficient (Wildman–Crippen LogP) is 2.05. The Morgan fingerprint density at radius 2 is 1.89 bits per heavy atom. The van der Waals surface area contributed by atoms with Gasteiger partial charge in [-0.05, 0) is 17.7 Å². The summed E-state index contributed by atoms with van der Waals surface area (Å²) in [6, 6.07) is 5.64. The Labute approximate surface area is 106 Å². The predicted molar refractivity (Wildman–Crippen MR) is 63.8 cm³/mol. The number of alkyl halides is 3. The molecule has 1 aromatic carbocycles. The van der Waals surface area contributed by atoms with Gasteiger partial charge in [-0.3, -0.25) is 4.21 Å². The van der Waals surface area contributed by atoms with Gasteiger partial charge in [0.05, 0.1) is 0 Å². The second kappa shape index (κ2) is 6.75. The maximum atomic E-state index is 11.9. The van der Waals surface area contributed by atoms with E-state index in [0.29, 0.717) is 18.8 Å². The summed E-state index contributed by atoms with van der Waals surface area (Å²) in [7, 11) is -0.846. The zero-order valence-electron chi connectivity index (χ0n) is 9.79. The molecule has 1 unspecified atom stereocenters.